The van der Waals surface area contributed by atoms with Crippen molar-refractivity contribution >= 4 is 11.6 Å². The molecule has 0 aliphatic heterocycles. The number of rotatable bonds is 5. The van der Waals surface area contributed by atoms with E-state index in [0.717, 1.165) is 18.1 Å². The van der Waals surface area contributed by atoms with E-state index in [-0.39, 0.29) is 12.1 Å². The van der Waals surface area contributed by atoms with Gasteiger partial charge in [0.25, 0.3) is 0 Å². The first-order valence-electron chi connectivity index (χ1n) is 5.85. The second kappa shape index (κ2) is 6.24. The Morgan fingerprint density at radius 1 is 1.31 bits per heavy atom. The summed E-state index contributed by atoms with van der Waals surface area (Å²) in [6.07, 6.45) is 0. The zero-order valence-electron chi connectivity index (χ0n) is 10.3. The second-order valence-electron chi connectivity index (χ2n) is 4.08. The number of benzene rings is 1. The van der Waals surface area contributed by atoms with E-state index in [4.69, 9.17) is 17.3 Å². The molecule has 0 aliphatic rings. The lowest BCUT2D eigenvalue weighted by molar-refractivity contribution is 0.195. The summed E-state index contributed by atoms with van der Waals surface area (Å²) in [5, 5.41) is 0.773. The Kier molecular flexibility index (Phi) is 5.26. The maximum Gasteiger partial charge on any atom is 0.0496 e. The van der Waals surface area contributed by atoms with Crippen LogP contribution in [0.1, 0.15) is 32.4 Å². The third-order valence-electron chi connectivity index (χ3n) is 2.89. The molecule has 1 aromatic carbocycles. The molecule has 0 fully saturated rings. The summed E-state index contributed by atoms with van der Waals surface area (Å²) in [7, 11) is 0. The normalized spacial score (nSPS) is 15.1. The van der Waals surface area contributed by atoms with Crippen LogP contribution in [0.3, 0.4) is 0 Å². The molecule has 0 amide bonds. The molecular weight excluding hydrogens is 220 g/mol. The van der Waals surface area contributed by atoms with E-state index in [1.165, 1.54) is 5.56 Å². The van der Waals surface area contributed by atoms with Gasteiger partial charge in [-0.3, -0.25) is 4.90 Å². The molecule has 0 radical (unpaired) electrons. The van der Waals surface area contributed by atoms with Gasteiger partial charge in [0.1, 0.15) is 0 Å². The highest BCUT2D eigenvalue weighted by molar-refractivity contribution is 6.30. The van der Waals surface area contributed by atoms with Crippen molar-refractivity contribution in [1.82, 2.24) is 4.90 Å². The largest absolute Gasteiger partial charge is 0.326 e. The Bertz CT molecular complexity index is 321. The Labute approximate surface area is 103 Å². The molecule has 1 aromatic rings. The Morgan fingerprint density at radius 3 is 2.38 bits per heavy atom. The fourth-order valence-electron chi connectivity index (χ4n) is 2.15. The molecule has 0 saturated heterocycles. The Hall–Kier alpha value is -0.570. The average Bonchev–Trinajstić information content (AvgIpc) is 2.24. The van der Waals surface area contributed by atoms with E-state index in [9.17, 15) is 0 Å². The summed E-state index contributed by atoms with van der Waals surface area (Å²) in [5.41, 5.74) is 7.29. The van der Waals surface area contributed by atoms with Crippen LogP contribution in [0.5, 0.6) is 0 Å². The van der Waals surface area contributed by atoms with Crippen LogP contribution in [0.15, 0.2) is 24.3 Å². The summed E-state index contributed by atoms with van der Waals surface area (Å²) >= 11 is 6.03. The average molecular weight is 241 g/mol. The summed E-state index contributed by atoms with van der Waals surface area (Å²) in [4.78, 5) is 2.36. The molecule has 90 valence electrons. The van der Waals surface area contributed by atoms with Crippen LogP contribution in [0.2, 0.25) is 5.02 Å². The quantitative estimate of drug-likeness (QED) is 0.857. The summed E-state index contributed by atoms with van der Waals surface area (Å²) in [6.45, 7) is 8.35. The van der Waals surface area contributed by atoms with E-state index in [2.05, 4.69) is 24.8 Å². The Balaban J connectivity index is 3.02. The highest BCUT2D eigenvalue weighted by Crippen LogP contribution is 2.25. The summed E-state index contributed by atoms with van der Waals surface area (Å²) < 4.78 is 0. The third-order valence-corrected chi connectivity index (χ3v) is 3.13. The van der Waals surface area contributed by atoms with Crippen LogP contribution in [-0.2, 0) is 0 Å². The van der Waals surface area contributed by atoms with E-state index >= 15 is 0 Å². The minimum absolute atomic E-state index is 0.0957. The van der Waals surface area contributed by atoms with Crippen LogP contribution in [0, 0.1) is 0 Å². The predicted octanol–water partition coefficient (Wildman–Crippen LogP) is 3.07. The molecule has 0 saturated carbocycles. The number of likely N-dealkylation sites (N-methyl/N-ethyl adjacent to an activating group) is 1. The zero-order valence-corrected chi connectivity index (χ0v) is 11.0. The predicted molar refractivity (Wildman–Crippen MR) is 70.8 cm³/mol. The SMILES string of the molecule is CCN(CC)C(c1cccc(Cl)c1)C(C)N. The number of hydrogen-bond acceptors (Lipinski definition) is 2. The van der Waals surface area contributed by atoms with Gasteiger partial charge in [-0.2, -0.15) is 0 Å². The highest BCUT2D eigenvalue weighted by Gasteiger charge is 2.21. The lowest BCUT2D eigenvalue weighted by atomic mass is 9.99. The molecular formula is C13H21ClN2. The fraction of sp³-hybridized carbons (Fsp3) is 0.538. The number of hydrogen-bond donors (Lipinski definition) is 1. The van der Waals surface area contributed by atoms with Gasteiger partial charge >= 0.3 is 0 Å². The van der Waals surface area contributed by atoms with Crippen molar-refractivity contribution in [2.45, 2.75) is 32.9 Å². The van der Waals surface area contributed by atoms with Gasteiger partial charge < -0.3 is 5.73 Å². The first-order valence-corrected chi connectivity index (χ1v) is 6.23. The van der Waals surface area contributed by atoms with E-state index in [1.807, 2.05) is 25.1 Å². The molecule has 0 heterocycles. The summed E-state index contributed by atoms with van der Waals surface area (Å²) in [6, 6.07) is 8.32. The first kappa shape index (κ1) is 13.5. The zero-order chi connectivity index (χ0) is 12.1. The van der Waals surface area contributed by atoms with Crippen molar-refractivity contribution in [3.63, 3.8) is 0 Å². The van der Waals surface area contributed by atoms with Gasteiger partial charge in [0.15, 0.2) is 0 Å². The topological polar surface area (TPSA) is 29.3 Å². The van der Waals surface area contributed by atoms with E-state index in [1.54, 1.807) is 0 Å². The molecule has 2 nitrogen and oxygen atoms in total. The fourth-order valence-corrected chi connectivity index (χ4v) is 2.35. The number of nitrogens with two attached hydrogens (primary N) is 1. The van der Waals surface area contributed by atoms with Gasteiger partial charge in [-0.05, 0) is 37.7 Å². The smallest absolute Gasteiger partial charge is 0.0496 e. The van der Waals surface area contributed by atoms with Crippen molar-refractivity contribution in [3.05, 3.63) is 34.9 Å². The molecule has 0 aliphatic carbocycles. The molecule has 0 aromatic heterocycles. The molecule has 1 rings (SSSR count). The van der Waals surface area contributed by atoms with Crippen molar-refractivity contribution in [3.8, 4) is 0 Å². The molecule has 2 unspecified atom stereocenters. The van der Waals surface area contributed by atoms with Crippen LogP contribution in [0.25, 0.3) is 0 Å². The van der Waals surface area contributed by atoms with Crippen molar-refractivity contribution in [1.29, 1.82) is 0 Å². The van der Waals surface area contributed by atoms with Crippen molar-refractivity contribution in [2.24, 2.45) is 5.73 Å². The first-order chi connectivity index (χ1) is 7.60. The monoisotopic (exact) mass is 240 g/mol. The second-order valence-corrected chi connectivity index (χ2v) is 4.52. The number of nitrogens with zero attached hydrogens (tertiary/aromatic N) is 1. The lowest BCUT2D eigenvalue weighted by Crippen LogP contribution is -2.39. The van der Waals surface area contributed by atoms with Gasteiger partial charge in [-0.25, -0.2) is 0 Å². The van der Waals surface area contributed by atoms with Gasteiger partial charge in [-0.1, -0.05) is 37.6 Å². The van der Waals surface area contributed by atoms with E-state index < -0.39 is 0 Å². The van der Waals surface area contributed by atoms with Crippen LogP contribution < -0.4 is 5.73 Å². The minimum atomic E-state index is 0.0957. The van der Waals surface area contributed by atoms with Gasteiger partial charge in [0.2, 0.25) is 0 Å². The van der Waals surface area contributed by atoms with Crippen LogP contribution >= 0.6 is 11.6 Å². The minimum Gasteiger partial charge on any atom is -0.326 e. The maximum atomic E-state index is 6.09. The molecule has 0 spiro atoms. The summed E-state index contributed by atoms with van der Waals surface area (Å²) in [5.74, 6) is 0. The van der Waals surface area contributed by atoms with Crippen LogP contribution in [0.4, 0.5) is 0 Å². The van der Waals surface area contributed by atoms with Gasteiger partial charge in [0, 0.05) is 17.1 Å². The molecule has 0 bridgehead atoms. The Morgan fingerprint density at radius 2 is 1.94 bits per heavy atom. The number of halogens is 1. The molecule has 3 heteroatoms. The standard InChI is InChI=1S/C13H21ClN2/c1-4-16(5-2)13(10(3)15)11-7-6-8-12(14)9-11/h6-10,13H,4-5,15H2,1-3H3. The lowest BCUT2D eigenvalue weighted by Gasteiger charge is -2.33. The van der Waals surface area contributed by atoms with Crippen molar-refractivity contribution in [2.75, 3.05) is 13.1 Å². The van der Waals surface area contributed by atoms with Gasteiger partial charge in [-0.15, -0.1) is 0 Å². The van der Waals surface area contributed by atoms with Crippen LogP contribution in [-0.4, -0.2) is 24.0 Å². The maximum absolute atomic E-state index is 6.09. The highest BCUT2D eigenvalue weighted by atomic mass is 35.5. The van der Waals surface area contributed by atoms with Crippen molar-refractivity contribution < 1.29 is 0 Å². The molecule has 16 heavy (non-hydrogen) atoms. The van der Waals surface area contributed by atoms with Gasteiger partial charge in [0.05, 0.1) is 0 Å². The van der Waals surface area contributed by atoms with E-state index in [0.29, 0.717) is 0 Å². The third kappa shape index (κ3) is 3.21. The molecule has 2 N–H and O–H groups in total. The molecule has 2 atom stereocenters.